The van der Waals surface area contributed by atoms with E-state index >= 15 is 0 Å². The van der Waals surface area contributed by atoms with Gasteiger partial charge < -0.3 is 5.32 Å². The van der Waals surface area contributed by atoms with Gasteiger partial charge in [-0.15, -0.1) is 0 Å². The highest BCUT2D eigenvalue weighted by Gasteiger charge is 2.22. The van der Waals surface area contributed by atoms with Crippen LogP contribution < -0.4 is 10.0 Å². The number of hydrogen-bond acceptors (Lipinski definition) is 4. The number of hydrogen-bond donors (Lipinski definition) is 3. The van der Waals surface area contributed by atoms with Gasteiger partial charge in [-0.05, 0) is 25.6 Å². The van der Waals surface area contributed by atoms with Gasteiger partial charge in [0.15, 0.2) is 5.03 Å². The number of aromatic amines is 1. The lowest BCUT2D eigenvalue weighted by Gasteiger charge is -2.10. The number of H-pyrrole nitrogens is 1. The predicted octanol–water partition coefficient (Wildman–Crippen LogP) is 1.52. The third-order valence-electron chi connectivity index (χ3n) is 2.81. The van der Waals surface area contributed by atoms with Crippen molar-refractivity contribution in [1.29, 1.82) is 0 Å². The lowest BCUT2D eigenvalue weighted by molar-refractivity contribution is 0.587. The first kappa shape index (κ1) is 15.4. The number of benzene rings is 1. The lowest BCUT2D eigenvalue weighted by Crippen LogP contribution is -2.18. The van der Waals surface area contributed by atoms with Crippen LogP contribution in [0.4, 0.5) is 14.5 Å². The van der Waals surface area contributed by atoms with Crippen molar-refractivity contribution >= 4 is 15.7 Å². The Hall–Kier alpha value is -2.00. The molecule has 0 spiro atoms. The second kappa shape index (κ2) is 5.78. The molecule has 1 heterocycles. The van der Waals surface area contributed by atoms with Crippen LogP contribution in [0, 0.1) is 18.6 Å². The molecular formula is C12H14F2N4O2S. The number of sulfonamides is 1. The van der Waals surface area contributed by atoms with Crippen LogP contribution >= 0.6 is 0 Å². The number of aromatic nitrogens is 2. The molecule has 1 aromatic heterocycles. The summed E-state index contributed by atoms with van der Waals surface area (Å²) in [7, 11) is -2.44. The Morgan fingerprint density at radius 2 is 2.00 bits per heavy atom. The summed E-state index contributed by atoms with van der Waals surface area (Å²) in [5, 5.41) is 8.58. The second-order valence-electron chi connectivity index (χ2n) is 4.44. The molecular weight excluding hydrogens is 302 g/mol. The van der Waals surface area contributed by atoms with E-state index in [1.165, 1.54) is 13.1 Å². The van der Waals surface area contributed by atoms with Crippen LogP contribution in [0.25, 0.3) is 0 Å². The summed E-state index contributed by atoms with van der Waals surface area (Å²) < 4.78 is 53.6. The van der Waals surface area contributed by atoms with Gasteiger partial charge >= 0.3 is 0 Å². The largest absolute Gasteiger partial charge is 0.316 e. The summed E-state index contributed by atoms with van der Waals surface area (Å²) in [5.41, 5.74) is 0.0222. The van der Waals surface area contributed by atoms with Gasteiger partial charge in [0, 0.05) is 18.2 Å². The maximum Gasteiger partial charge on any atom is 0.279 e. The van der Waals surface area contributed by atoms with Crippen LogP contribution in [0.2, 0.25) is 0 Å². The van der Waals surface area contributed by atoms with E-state index in [2.05, 4.69) is 15.5 Å². The van der Waals surface area contributed by atoms with Gasteiger partial charge in [-0.25, -0.2) is 8.78 Å². The summed E-state index contributed by atoms with van der Waals surface area (Å²) >= 11 is 0. The molecule has 1 aromatic carbocycles. The highest BCUT2D eigenvalue weighted by Crippen LogP contribution is 2.22. The fraction of sp³-hybridized carbons (Fsp3) is 0.250. The van der Waals surface area contributed by atoms with E-state index in [1.807, 2.05) is 4.72 Å². The summed E-state index contributed by atoms with van der Waals surface area (Å²) in [4.78, 5) is 0. The van der Waals surface area contributed by atoms with Crippen molar-refractivity contribution < 1.29 is 17.2 Å². The van der Waals surface area contributed by atoms with Crippen LogP contribution in [0.3, 0.4) is 0 Å². The number of anilines is 1. The van der Waals surface area contributed by atoms with Crippen molar-refractivity contribution in [3.63, 3.8) is 0 Å². The molecule has 0 saturated heterocycles. The standard InChI is InChI=1S/C12H14F2N4O2S/c1-7-3-10(14)11(4-9(7)13)18-21(19,20)12-8(5-15-2)6-16-17-12/h3-4,6,15,18H,5H2,1-2H3,(H,16,17). The van der Waals surface area contributed by atoms with E-state index in [4.69, 9.17) is 0 Å². The van der Waals surface area contributed by atoms with E-state index in [0.717, 1.165) is 12.1 Å². The molecule has 0 amide bonds. The second-order valence-corrected chi connectivity index (χ2v) is 6.06. The molecule has 9 heteroatoms. The molecule has 0 unspecified atom stereocenters. The normalized spacial score (nSPS) is 11.6. The quantitative estimate of drug-likeness (QED) is 0.780. The van der Waals surface area contributed by atoms with Gasteiger partial charge in [-0.2, -0.15) is 13.5 Å². The fourth-order valence-electron chi connectivity index (χ4n) is 1.77. The van der Waals surface area contributed by atoms with Crippen LogP contribution in [0.1, 0.15) is 11.1 Å². The smallest absolute Gasteiger partial charge is 0.279 e. The van der Waals surface area contributed by atoms with Crippen LogP contribution in [0.15, 0.2) is 23.4 Å². The fourth-order valence-corrected chi connectivity index (χ4v) is 2.96. The molecule has 0 bridgehead atoms. The molecule has 0 fully saturated rings. The average molecular weight is 316 g/mol. The molecule has 21 heavy (non-hydrogen) atoms. The van der Waals surface area contributed by atoms with E-state index in [9.17, 15) is 17.2 Å². The lowest BCUT2D eigenvalue weighted by atomic mass is 10.2. The molecule has 114 valence electrons. The Bertz CT molecular complexity index is 759. The minimum Gasteiger partial charge on any atom is -0.316 e. The van der Waals surface area contributed by atoms with Crippen molar-refractivity contribution in [3.8, 4) is 0 Å². The monoisotopic (exact) mass is 316 g/mol. The first-order valence-electron chi connectivity index (χ1n) is 6.00. The minimum absolute atomic E-state index is 0.0906. The highest BCUT2D eigenvalue weighted by molar-refractivity contribution is 7.92. The molecule has 0 saturated carbocycles. The van der Waals surface area contributed by atoms with Crippen LogP contribution in [-0.2, 0) is 16.6 Å². The van der Waals surface area contributed by atoms with Gasteiger partial charge in [0.05, 0.1) is 11.9 Å². The van der Waals surface area contributed by atoms with Gasteiger partial charge in [0.1, 0.15) is 11.6 Å². The SMILES string of the molecule is CNCc1cn[nH]c1S(=O)(=O)Nc1cc(F)c(C)cc1F. The third-order valence-corrected chi connectivity index (χ3v) is 4.19. The molecule has 6 nitrogen and oxygen atoms in total. The number of nitrogens with one attached hydrogen (secondary N) is 3. The minimum atomic E-state index is -4.09. The first-order valence-corrected chi connectivity index (χ1v) is 7.48. The first-order chi connectivity index (χ1) is 9.85. The van der Waals surface area contributed by atoms with Gasteiger partial charge in [-0.1, -0.05) is 0 Å². The zero-order chi connectivity index (χ0) is 15.6. The van der Waals surface area contributed by atoms with Crippen LogP contribution in [-0.4, -0.2) is 25.7 Å². The summed E-state index contributed by atoms with van der Waals surface area (Å²) in [6.07, 6.45) is 1.34. The zero-order valence-corrected chi connectivity index (χ0v) is 12.2. The number of nitrogens with zero attached hydrogens (tertiary/aromatic N) is 1. The van der Waals surface area contributed by atoms with Gasteiger partial charge in [-0.3, -0.25) is 9.82 Å². The Balaban J connectivity index is 2.38. The van der Waals surface area contributed by atoms with Crippen molar-refractivity contribution in [3.05, 3.63) is 41.1 Å². The highest BCUT2D eigenvalue weighted by atomic mass is 32.2. The maximum absolute atomic E-state index is 13.7. The van der Waals surface area contributed by atoms with E-state index in [-0.39, 0.29) is 17.1 Å². The van der Waals surface area contributed by atoms with Gasteiger partial charge in [0.2, 0.25) is 0 Å². The molecule has 0 aliphatic rings. The third kappa shape index (κ3) is 3.19. The topological polar surface area (TPSA) is 86.9 Å². The van der Waals surface area contributed by atoms with E-state index < -0.39 is 27.3 Å². The van der Waals surface area contributed by atoms with Crippen molar-refractivity contribution in [2.24, 2.45) is 0 Å². The number of aryl methyl sites for hydroxylation is 1. The number of rotatable bonds is 5. The Labute approximate surface area is 120 Å². The molecule has 0 atom stereocenters. The van der Waals surface area contributed by atoms with Crippen molar-refractivity contribution in [1.82, 2.24) is 15.5 Å². The van der Waals surface area contributed by atoms with Crippen molar-refractivity contribution in [2.75, 3.05) is 11.8 Å². The molecule has 3 N–H and O–H groups in total. The summed E-state index contributed by atoms with van der Waals surface area (Å²) in [6, 6.07) is 1.73. The van der Waals surface area contributed by atoms with Crippen LogP contribution in [0.5, 0.6) is 0 Å². The maximum atomic E-state index is 13.7. The van der Waals surface area contributed by atoms with Crippen molar-refractivity contribution in [2.45, 2.75) is 18.5 Å². The molecule has 0 radical (unpaired) electrons. The van der Waals surface area contributed by atoms with E-state index in [0.29, 0.717) is 5.56 Å². The Morgan fingerprint density at radius 1 is 1.29 bits per heavy atom. The summed E-state index contributed by atoms with van der Waals surface area (Å²) in [6.45, 7) is 1.65. The van der Waals surface area contributed by atoms with E-state index in [1.54, 1.807) is 7.05 Å². The molecule has 2 rings (SSSR count). The van der Waals surface area contributed by atoms with Gasteiger partial charge in [0.25, 0.3) is 10.0 Å². The Morgan fingerprint density at radius 3 is 2.67 bits per heavy atom. The molecule has 0 aliphatic heterocycles. The average Bonchev–Trinajstić information content (AvgIpc) is 2.85. The molecule has 2 aromatic rings. The summed E-state index contributed by atoms with van der Waals surface area (Å²) in [5.74, 6) is -1.55. The predicted molar refractivity (Wildman–Crippen MR) is 73.3 cm³/mol. The Kier molecular flexibility index (Phi) is 4.24. The molecule has 0 aliphatic carbocycles. The zero-order valence-electron chi connectivity index (χ0n) is 11.4. The number of halogens is 2.